The van der Waals surface area contributed by atoms with E-state index < -0.39 is 5.91 Å². The van der Waals surface area contributed by atoms with Gasteiger partial charge in [0.15, 0.2) is 12.4 Å². The summed E-state index contributed by atoms with van der Waals surface area (Å²) < 4.78 is 5.28. The number of imide groups is 1. The monoisotopic (exact) mass is 321 g/mol. The third kappa shape index (κ3) is 3.32. The minimum Gasteiger partial charge on any atom is -0.481 e. The van der Waals surface area contributed by atoms with Crippen LogP contribution < -0.4 is 4.74 Å². The highest BCUT2D eigenvalue weighted by molar-refractivity contribution is 6.40. The number of likely N-dealkylation sites (tertiary alicyclic amines) is 1. The zero-order valence-corrected chi connectivity index (χ0v) is 12.1. The van der Waals surface area contributed by atoms with Crippen LogP contribution in [0.1, 0.15) is 12.8 Å². The molecule has 0 atom stereocenters. The van der Waals surface area contributed by atoms with Crippen LogP contribution in [-0.4, -0.2) is 29.9 Å². The van der Waals surface area contributed by atoms with E-state index in [-0.39, 0.29) is 28.3 Å². The van der Waals surface area contributed by atoms with E-state index in [9.17, 15) is 9.59 Å². The van der Waals surface area contributed by atoms with Gasteiger partial charge in [-0.25, -0.2) is 0 Å². The zero-order valence-electron chi connectivity index (χ0n) is 9.79. The molecule has 0 radical (unpaired) electrons. The van der Waals surface area contributed by atoms with E-state index >= 15 is 0 Å². The van der Waals surface area contributed by atoms with Gasteiger partial charge in [-0.15, -0.1) is 0 Å². The van der Waals surface area contributed by atoms with Crippen molar-refractivity contribution in [1.82, 2.24) is 4.90 Å². The minimum absolute atomic E-state index is 0.179. The Morgan fingerprint density at radius 3 is 2.42 bits per heavy atom. The zero-order chi connectivity index (χ0) is 14.0. The lowest BCUT2D eigenvalue weighted by Crippen LogP contribution is -2.35. The van der Waals surface area contributed by atoms with E-state index in [1.807, 2.05) is 0 Å². The second kappa shape index (κ2) is 5.99. The predicted octanol–water partition coefficient (Wildman–Crippen LogP) is 3.17. The van der Waals surface area contributed by atoms with Crippen molar-refractivity contribution in [2.75, 3.05) is 13.2 Å². The van der Waals surface area contributed by atoms with Crippen LogP contribution in [0.3, 0.4) is 0 Å². The Kier molecular flexibility index (Phi) is 4.55. The first-order chi connectivity index (χ1) is 8.99. The van der Waals surface area contributed by atoms with Crippen molar-refractivity contribution in [3.63, 3.8) is 0 Å². The molecule has 2 rings (SSSR count). The summed E-state index contributed by atoms with van der Waals surface area (Å²) in [6.07, 6.45) is 1.08. The van der Waals surface area contributed by atoms with Crippen LogP contribution in [-0.2, 0) is 9.59 Å². The molecule has 0 saturated carbocycles. The van der Waals surface area contributed by atoms with E-state index in [1.165, 1.54) is 17.0 Å². The Bertz CT molecular complexity index is 510. The molecule has 0 bridgehead atoms. The lowest BCUT2D eigenvalue weighted by Gasteiger charge is -2.15. The number of carbonyl (C=O) groups is 2. The van der Waals surface area contributed by atoms with Crippen LogP contribution in [0.25, 0.3) is 0 Å². The van der Waals surface area contributed by atoms with Gasteiger partial charge >= 0.3 is 0 Å². The maximum atomic E-state index is 11.8. The molecule has 1 aliphatic rings. The lowest BCUT2D eigenvalue weighted by molar-refractivity contribution is -0.143. The Labute approximate surface area is 125 Å². The van der Waals surface area contributed by atoms with Crippen LogP contribution in [0, 0.1) is 0 Å². The normalized spacial score (nSPS) is 14.9. The van der Waals surface area contributed by atoms with Gasteiger partial charge in [0.25, 0.3) is 5.91 Å². The summed E-state index contributed by atoms with van der Waals surface area (Å²) >= 11 is 17.6. The van der Waals surface area contributed by atoms with Crippen molar-refractivity contribution in [3.8, 4) is 5.75 Å². The first kappa shape index (κ1) is 14.4. The molecule has 0 unspecified atom stereocenters. The standard InChI is InChI=1S/C12H10Cl3NO3/c13-7-4-8(14)12(9(15)5-7)19-6-11(18)16-3-1-2-10(16)17/h4-5H,1-3,6H2. The Morgan fingerprint density at radius 1 is 1.26 bits per heavy atom. The number of benzene rings is 1. The van der Waals surface area contributed by atoms with Crippen molar-refractivity contribution >= 4 is 46.6 Å². The fourth-order valence-electron chi connectivity index (χ4n) is 1.79. The average Bonchev–Trinajstić information content (AvgIpc) is 2.73. The molecule has 4 nitrogen and oxygen atoms in total. The van der Waals surface area contributed by atoms with Crippen molar-refractivity contribution < 1.29 is 14.3 Å². The van der Waals surface area contributed by atoms with E-state index in [1.54, 1.807) is 0 Å². The van der Waals surface area contributed by atoms with Crippen molar-refractivity contribution in [2.45, 2.75) is 12.8 Å². The van der Waals surface area contributed by atoms with Gasteiger partial charge in [0.05, 0.1) is 10.0 Å². The van der Waals surface area contributed by atoms with Crippen LogP contribution in [0.15, 0.2) is 12.1 Å². The smallest absolute Gasteiger partial charge is 0.267 e. The molecule has 0 N–H and O–H groups in total. The number of ether oxygens (including phenoxy) is 1. The van der Waals surface area contributed by atoms with E-state index in [2.05, 4.69) is 0 Å². The molecule has 1 fully saturated rings. The number of amides is 2. The van der Waals surface area contributed by atoms with Gasteiger partial charge in [-0.05, 0) is 18.6 Å². The van der Waals surface area contributed by atoms with E-state index in [4.69, 9.17) is 39.5 Å². The fourth-order valence-corrected chi connectivity index (χ4v) is 2.72. The van der Waals surface area contributed by atoms with Crippen LogP contribution in [0.2, 0.25) is 15.1 Å². The maximum absolute atomic E-state index is 11.8. The van der Waals surface area contributed by atoms with Crippen LogP contribution >= 0.6 is 34.8 Å². The van der Waals surface area contributed by atoms with Crippen molar-refractivity contribution in [1.29, 1.82) is 0 Å². The highest BCUT2D eigenvalue weighted by Gasteiger charge is 2.26. The third-order valence-corrected chi connectivity index (χ3v) is 3.46. The first-order valence-corrected chi connectivity index (χ1v) is 6.73. The minimum atomic E-state index is -0.399. The second-order valence-electron chi connectivity index (χ2n) is 4.03. The Morgan fingerprint density at radius 2 is 1.89 bits per heavy atom. The topological polar surface area (TPSA) is 46.6 Å². The third-order valence-electron chi connectivity index (χ3n) is 2.68. The van der Waals surface area contributed by atoms with Gasteiger partial charge in [0, 0.05) is 18.0 Å². The molecule has 1 saturated heterocycles. The van der Waals surface area contributed by atoms with Gasteiger partial charge < -0.3 is 4.74 Å². The lowest BCUT2D eigenvalue weighted by atomic mass is 10.3. The summed E-state index contributed by atoms with van der Waals surface area (Å²) in [5.41, 5.74) is 0. The Balaban J connectivity index is 2.03. The summed E-state index contributed by atoms with van der Waals surface area (Å²) in [6, 6.07) is 2.94. The largest absolute Gasteiger partial charge is 0.481 e. The number of hydrogen-bond donors (Lipinski definition) is 0. The number of halogens is 3. The maximum Gasteiger partial charge on any atom is 0.267 e. The van der Waals surface area contributed by atoms with Gasteiger partial charge in [-0.1, -0.05) is 34.8 Å². The molecule has 19 heavy (non-hydrogen) atoms. The number of rotatable bonds is 3. The molecule has 1 aromatic rings. The molecule has 1 aliphatic heterocycles. The summed E-state index contributed by atoms with van der Waals surface area (Å²) in [4.78, 5) is 24.4. The van der Waals surface area contributed by atoms with Crippen molar-refractivity contribution in [3.05, 3.63) is 27.2 Å². The van der Waals surface area contributed by atoms with E-state index in [0.717, 1.165) is 0 Å². The van der Waals surface area contributed by atoms with Gasteiger partial charge in [-0.2, -0.15) is 0 Å². The number of nitrogens with zero attached hydrogens (tertiary/aromatic N) is 1. The molecule has 0 spiro atoms. The molecule has 1 heterocycles. The SMILES string of the molecule is O=C1CCCN1C(=O)COc1c(Cl)cc(Cl)cc1Cl. The predicted molar refractivity (Wildman–Crippen MR) is 72.9 cm³/mol. The molecular formula is C12H10Cl3NO3. The first-order valence-electron chi connectivity index (χ1n) is 5.59. The summed E-state index contributed by atoms with van der Waals surface area (Å²) in [5, 5.41) is 0.819. The van der Waals surface area contributed by atoms with Gasteiger partial charge in [-0.3, -0.25) is 14.5 Å². The van der Waals surface area contributed by atoms with Gasteiger partial charge in [0.1, 0.15) is 0 Å². The molecule has 102 valence electrons. The van der Waals surface area contributed by atoms with Crippen LogP contribution in [0.5, 0.6) is 5.75 Å². The Hall–Kier alpha value is -0.970. The van der Waals surface area contributed by atoms with Crippen molar-refractivity contribution in [2.24, 2.45) is 0 Å². The second-order valence-corrected chi connectivity index (χ2v) is 5.28. The van der Waals surface area contributed by atoms with Gasteiger partial charge in [0.2, 0.25) is 5.91 Å². The summed E-state index contributed by atoms with van der Waals surface area (Å²) in [6.45, 7) is 0.149. The molecule has 2 amide bonds. The summed E-state index contributed by atoms with van der Waals surface area (Å²) in [7, 11) is 0. The molecule has 0 aromatic heterocycles. The summed E-state index contributed by atoms with van der Waals surface area (Å²) in [5.74, 6) is -0.390. The molecular weight excluding hydrogens is 312 g/mol. The quantitative estimate of drug-likeness (QED) is 0.858. The highest BCUT2D eigenvalue weighted by Crippen LogP contribution is 2.35. The number of carbonyl (C=O) groups excluding carboxylic acids is 2. The highest BCUT2D eigenvalue weighted by atomic mass is 35.5. The molecule has 7 heteroatoms. The van der Waals surface area contributed by atoms with Crippen LogP contribution in [0.4, 0.5) is 0 Å². The molecule has 1 aromatic carbocycles. The number of hydrogen-bond acceptors (Lipinski definition) is 3. The van der Waals surface area contributed by atoms with E-state index in [0.29, 0.717) is 24.4 Å². The molecule has 0 aliphatic carbocycles. The average molecular weight is 323 g/mol. The fraction of sp³-hybridized carbons (Fsp3) is 0.333.